The van der Waals surface area contributed by atoms with E-state index in [1.807, 2.05) is 18.2 Å². The second-order valence-electron chi connectivity index (χ2n) is 8.46. The predicted octanol–water partition coefficient (Wildman–Crippen LogP) is 3.97. The van der Waals surface area contributed by atoms with Gasteiger partial charge in [0, 0.05) is 36.1 Å². The molecule has 1 atom stereocenters. The third-order valence-corrected chi connectivity index (χ3v) is 5.26. The molecule has 1 aromatic carbocycles. The smallest absolute Gasteiger partial charge is 0.216 e. The van der Waals surface area contributed by atoms with Crippen LogP contribution in [0, 0.1) is 0 Å². The van der Waals surface area contributed by atoms with Gasteiger partial charge in [0.2, 0.25) is 5.89 Å². The maximum absolute atomic E-state index is 6.20. The van der Waals surface area contributed by atoms with Gasteiger partial charge in [0.05, 0.1) is 19.0 Å². The van der Waals surface area contributed by atoms with Crippen molar-refractivity contribution in [1.82, 2.24) is 15.6 Å². The molecule has 0 aliphatic carbocycles. The first-order valence-corrected chi connectivity index (χ1v) is 10.8. The number of hydrogen-bond donors (Lipinski definition) is 2. The summed E-state index contributed by atoms with van der Waals surface area (Å²) in [5, 5.41) is 7.54. The standard InChI is InChI=1S/C22H32ClN5O2/c1-6-24-21(26-13-20-25-12-19(30-20)22(2,3)4)27-16-9-10-28(14-16)17-11-15(23)7-8-18(17)29-5/h7-8,11-12,16H,6,9-10,13-14H2,1-5H3,(H2,24,26,27). The van der Waals surface area contributed by atoms with Gasteiger partial charge in [-0.2, -0.15) is 0 Å². The topological polar surface area (TPSA) is 74.9 Å². The minimum atomic E-state index is -0.0631. The van der Waals surface area contributed by atoms with Crippen LogP contribution in [0.5, 0.6) is 5.75 Å². The monoisotopic (exact) mass is 433 g/mol. The van der Waals surface area contributed by atoms with E-state index >= 15 is 0 Å². The first-order chi connectivity index (χ1) is 14.3. The molecule has 1 aliphatic rings. The number of nitrogens with zero attached hydrogens (tertiary/aromatic N) is 3. The quantitative estimate of drug-likeness (QED) is 0.530. The molecule has 1 unspecified atom stereocenters. The zero-order valence-electron chi connectivity index (χ0n) is 18.5. The zero-order valence-corrected chi connectivity index (χ0v) is 19.2. The van der Waals surface area contributed by atoms with E-state index in [0.717, 1.165) is 49.2 Å². The van der Waals surface area contributed by atoms with Crippen molar-refractivity contribution in [3.8, 4) is 5.75 Å². The number of aromatic nitrogens is 1. The molecule has 1 aromatic heterocycles. The highest BCUT2D eigenvalue weighted by atomic mass is 35.5. The summed E-state index contributed by atoms with van der Waals surface area (Å²) >= 11 is 6.20. The Morgan fingerprint density at radius 3 is 2.87 bits per heavy atom. The fraction of sp³-hybridized carbons (Fsp3) is 0.545. The molecule has 1 saturated heterocycles. The number of anilines is 1. The maximum Gasteiger partial charge on any atom is 0.216 e. The lowest BCUT2D eigenvalue weighted by atomic mass is 9.94. The van der Waals surface area contributed by atoms with Gasteiger partial charge in [-0.1, -0.05) is 32.4 Å². The molecule has 8 heteroatoms. The molecule has 2 N–H and O–H groups in total. The average Bonchev–Trinajstić information content (AvgIpc) is 3.36. The molecule has 1 fully saturated rings. The van der Waals surface area contributed by atoms with Crippen molar-refractivity contribution in [2.75, 3.05) is 31.6 Å². The van der Waals surface area contributed by atoms with Crippen LogP contribution < -0.4 is 20.3 Å². The molecule has 0 amide bonds. The van der Waals surface area contributed by atoms with E-state index in [9.17, 15) is 0 Å². The van der Waals surface area contributed by atoms with Crippen molar-refractivity contribution >= 4 is 23.2 Å². The first-order valence-electron chi connectivity index (χ1n) is 10.4. The van der Waals surface area contributed by atoms with Gasteiger partial charge in [-0.05, 0) is 31.5 Å². The molecule has 30 heavy (non-hydrogen) atoms. The Morgan fingerprint density at radius 1 is 1.40 bits per heavy atom. The van der Waals surface area contributed by atoms with E-state index in [-0.39, 0.29) is 11.5 Å². The molecule has 164 valence electrons. The number of ether oxygens (including phenoxy) is 1. The highest BCUT2D eigenvalue weighted by Gasteiger charge is 2.26. The second kappa shape index (κ2) is 9.60. The third-order valence-electron chi connectivity index (χ3n) is 5.02. The van der Waals surface area contributed by atoms with Crippen LogP contribution in [0.2, 0.25) is 5.02 Å². The Labute approximate surface area is 183 Å². The van der Waals surface area contributed by atoms with Crippen LogP contribution in [0.4, 0.5) is 5.69 Å². The number of nitrogens with one attached hydrogen (secondary N) is 2. The highest BCUT2D eigenvalue weighted by molar-refractivity contribution is 6.30. The summed E-state index contributed by atoms with van der Waals surface area (Å²) in [4.78, 5) is 11.3. The maximum atomic E-state index is 6.20. The SMILES string of the molecule is CCNC(=NCc1ncc(C(C)(C)C)o1)NC1CCN(c2cc(Cl)ccc2OC)C1. The van der Waals surface area contributed by atoms with Crippen molar-refractivity contribution in [2.24, 2.45) is 4.99 Å². The van der Waals surface area contributed by atoms with Crippen LogP contribution in [0.3, 0.4) is 0 Å². The van der Waals surface area contributed by atoms with E-state index in [1.54, 1.807) is 13.3 Å². The minimum Gasteiger partial charge on any atom is -0.495 e. The van der Waals surface area contributed by atoms with Crippen molar-refractivity contribution in [2.45, 2.75) is 52.1 Å². The first kappa shape index (κ1) is 22.3. The lowest BCUT2D eigenvalue weighted by Crippen LogP contribution is -2.44. The van der Waals surface area contributed by atoms with Crippen molar-refractivity contribution < 1.29 is 9.15 Å². The second-order valence-corrected chi connectivity index (χ2v) is 8.89. The lowest BCUT2D eigenvalue weighted by molar-refractivity contribution is 0.383. The van der Waals surface area contributed by atoms with Crippen LogP contribution in [-0.2, 0) is 12.0 Å². The largest absolute Gasteiger partial charge is 0.495 e. The van der Waals surface area contributed by atoms with Crippen LogP contribution in [0.1, 0.15) is 45.8 Å². The van der Waals surface area contributed by atoms with Gasteiger partial charge in [0.25, 0.3) is 0 Å². The van der Waals surface area contributed by atoms with E-state index < -0.39 is 0 Å². The summed E-state index contributed by atoms with van der Waals surface area (Å²) in [5.41, 5.74) is 0.956. The molecule has 7 nitrogen and oxygen atoms in total. The van der Waals surface area contributed by atoms with Gasteiger partial charge in [0.1, 0.15) is 18.1 Å². The lowest BCUT2D eigenvalue weighted by Gasteiger charge is -2.22. The summed E-state index contributed by atoms with van der Waals surface area (Å²) < 4.78 is 11.4. The fourth-order valence-corrected chi connectivity index (χ4v) is 3.56. The molecular formula is C22H32ClN5O2. The summed E-state index contributed by atoms with van der Waals surface area (Å²) in [6, 6.07) is 5.98. The molecule has 2 aromatic rings. The molecule has 0 spiro atoms. The Balaban J connectivity index is 1.64. The van der Waals surface area contributed by atoms with Gasteiger partial charge < -0.3 is 24.7 Å². The molecule has 2 heterocycles. The van der Waals surface area contributed by atoms with Gasteiger partial charge >= 0.3 is 0 Å². The Morgan fingerprint density at radius 2 is 2.20 bits per heavy atom. The predicted molar refractivity (Wildman–Crippen MR) is 122 cm³/mol. The van der Waals surface area contributed by atoms with Crippen molar-refractivity contribution in [3.63, 3.8) is 0 Å². The number of hydrogen-bond acceptors (Lipinski definition) is 5. The fourth-order valence-electron chi connectivity index (χ4n) is 3.40. The average molecular weight is 434 g/mol. The summed E-state index contributed by atoms with van der Waals surface area (Å²) in [7, 11) is 1.68. The number of benzene rings is 1. The Hall–Kier alpha value is -2.41. The molecule has 1 aliphatic heterocycles. The van der Waals surface area contributed by atoms with E-state index in [0.29, 0.717) is 17.5 Å². The van der Waals surface area contributed by atoms with Gasteiger partial charge in [-0.25, -0.2) is 9.98 Å². The van der Waals surface area contributed by atoms with Crippen LogP contribution in [-0.4, -0.2) is 43.7 Å². The summed E-state index contributed by atoms with van der Waals surface area (Å²) in [6.45, 7) is 11.3. The van der Waals surface area contributed by atoms with Crippen molar-refractivity contribution in [1.29, 1.82) is 0 Å². The number of halogens is 1. The molecule has 0 radical (unpaired) electrons. The van der Waals surface area contributed by atoms with E-state index in [1.165, 1.54) is 0 Å². The number of methoxy groups -OCH3 is 1. The number of aliphatic imine (C=N–C) groups is 1. The Kier molecular flexibility index (Phi) is 7.13. The highest BCUT2D eigenvalue weighted by Crippen LogP contribution is 2.33. The molecule has 0 saturated carbocycles. The number of guanidine groups is 1. The van der Waals surface area contributed by atoms with Gasteiger partial charge in [0.15, 0.2) is 5.96 Å². The molecule has 3 rings (SSSR count). The number of rotatable bonds is 6. The normalized spacial score (nSPS) is 17.3. The van der Waals surface area contributed by atoms with Crippen LogP contribution in [0.25, 0.3) is 0 Å². The van der Waals surface area contributed by atoms with E-state index in [4.69, 9.17) is 20.8 Å². The zero-order chi connectivity index (χ0) is 21.7. The van der Waals surface area contributed by atoms with Crippen LogP contribution >= 0.6 is 11.6 Å². The van der Waals surface area contributed by atoms with Gasteiger partial charge in [-0.15, -0.1) is 0 Å². The third kappa shape index (κ3) is 5.59. The molecular weight excluding hydrogens is 402 g/mol. The molecule has 0 bridgehead atoms. The van der Waals surface area contributed by atoms with E-state index in [2.05, 4.69) is 53.2 Å². The summed E-state index contributed by atoms with van der Waals surface area (Å²) in [6.07, 6.45) is 2.78. The van der Waals surface area contributed by atoms with Crippen molar-refractivity contribution in [3.05, 3.63) is 41.1 Å². The Bertz CT molecular complexity index is 875. The van der Waals surface area contributed by atoms with Crippen LogP contribution in [0.15, 0.2) is 33.8 Å². The summed E-state index contributed by atoms with van der Waals surface area (Å²) in [5.74, 6) is 3.08. The van der Waals surface area contributed by atoms with Gasteiger partial charge in [-0.3, -0.25) is 0 Å². The minimum absolute atomic E-state index is 0.0631. The number of oxazole rings is 1.